The van der Waals surface area contributed by atoms with Crippen LogP contribution < -0.4 is 0 Å². The average Bonchev–Trinajstić information content (AvgIpc) is 2.83. The van der Waals surface area contributed by atoms with E-state index in [9.17, 15) is 5.11 Å². The largest absolute Gasteiger partial charge is 0.385 e. The van der Waals surface area contributed by atoms with Gasteiger partial charge in [0.05, 0.1) is 5.60 Å². The van der Waals surface area contributed by atoms with E-state index in [4.69, 9.17) is 11.6 Å². The van der Waals surface area contributed by atoms with Crippen molar-refractivity contribution in [2.45, 2.75) is 38.7 Å². The lowest BCUT2D eigenvalue weighted by Crippen LogP contribution is -2.10. The summed E-state index contributed by atoms with van der Waals surface area (Å²) in [6.45, 7) is 4.14. The highest BCUT2D eigenvalue weighted by atomic mass is 35.5. The smallest absolute Gasteiger partial charge is 0.0932 e. The summed E-state index contributed by atoms with van der Waals surface area (Å²) in [7, 11) is 0. The Morgan fingerprint density at radius 2 is 2.27 bits per heavy atom. The second-order valence-electron chi connectivity index (χ2n) is 4.53. The predicted octanol–water partition coefficient (Wildman–Crippen LogP) is 3.66. The maximum absolute atomic E-state index is 10.4. The Labute approximate surface area is 96.1 Å². The number of rotatable bonds is 3. The fourth-order valence-electron chi connectivity index (χ4n) is 2.41. The van der Waals surface area contributed by atoms with Crippen molar-refractivity contribution in [1.82, 2.24) is 0 Å². The van der Waals surface area contributed by atoms with E-state index < -0.39 is 5.60 Å². The van der Waals surface area contributed by atoms with E-state index >= 15 is 0 Å². The van der Waals surface area contributed by atoms with E-state index in [1.54, 1.807) is 0 Å². The molecule has 0 radical (unpaired) electrons. The van der Waals surface area contributed by atoms with Crippen LogP contribution in [0.15, 0.2) is 18.2 Å². The molecule has 15 heavy (non-hydrogen) atoms. The van der Waals surface area contributed by atoms with E-state index in [0.29, 0.717) is 5.92 Å². The zero-order valence-corrected chi connectivity index (χ0v) is 10.0. The summed E-state index contributed by atoms with van der Waals surface area (Å²) in [4.78, 5) is 0. The quantitative estimate of drug-likeness (QED) is 0.831. The fraction of sp³-hybridized carbons (Fsp3) is 0.538. The highest BCUT2D eigenvalue weighted by molar-refractivity contribution is 6.31. The van der Waals surface area contributed by atoms with Crippen molar-refractivity contribution in [2.75, 3.05) is 0 Å². The van der Waals surface area contributed by atoms with Crippen LogP contribution >= 0.6 is 11.6 Å². The van der Waals surface area contributed by atoms with Crippen LogP contribution in [0, 0.1) is 12.8 Å². The summed E-state index contributed by atoms with van der Waals surface area (Å²) in [5.74, 6) is 0.430. The molecule has 0 aromatic heterocycles. The molecule has 2 unspecified atom stereocenters. The molecule has 2 rings (SSSR count). The lowest BCUT2D eigenvalue weighted by molar-refractivity contribution is 0.128. The van der Waals surface area contributed by atoms with Gasteiger partial charge in [-0.05, 0) is 42.9 Å². The molecule has 0 bridgehead atoms. The first-order valence-corrected chi connectivity index (χ1v) is 5.95. The van der Waals surface area contributed by atoms with Crippen molar-refractivity contribution >= 4 is 11.6 Å². The molecule has 1 aliphatic rings. The van der Waals surface area contributed by atoms with E-state index in [1.807, 2.05) is 25.1 Å². The Morgan fingerprint density at radius 3 is 2.93 bits per heavy atom. The van der Waals surface area contributed by atoms with Gasteiger partial charge in [0.1, 0.15) is 0 Å². The van der Waals surface area contributed by atoms with Gasteiger partial charge in [0.25, 0.3) is 0 Å². The molecule has 0 saturated heterocycles. The molecule has 1 fully saturated rings. The van der Waals surface area contributed by atoms with E-state index in [2.05, 4.69) is 6.92 Å². The van der Waals surface area contributed by atoms with Gasteiger partial charge in [0.2, 0.25) is 0 Å². The van der Waals surface area contributed by atoms with Crippen LogP contribution in [0.2, 0.25) is 5.02 Å². The molecular formula is C13H17ClO. The van der Waals surface area contributed by atoms with E-state index in [-0.39, 0.29) is 0 Å². The number of halogens is 1. The second kappa shape index (κ2) is 3.80. The molecular weight excluding hydrogens is 208 g/mol. The van der Waals surface area contributed by atoms with Crippen molar-refractivity contribution in [2.24, 2.45) is 5.92 Å². The van der Waals surface area contributed by atoms with Crippen LogP contribution in [0.25, 0.3) is 0 Å². The zero-order chi connectivity index (χ0) is 11.1. The van der Waals surface area contributed by atoms with Gasteiger partial charge in [-0.1, -0.05) is 37.1 Å². The molecule has 0 spiro atoms. The van der Waals surface area contributed by atoms with Gasteiger partial charge in [0, 0.05) is 5.02 Å². The first-order chi connectivity index (χ1) is 7.09. The molecule has 0 aliphatic heterocycles. The Hall–Kier alpha value is -0.530. The molecule has 1 aromatic carbocycles. The van der Waals surface area contributed by atoms with Crippen LogP contribution in [0.3, 0.4) is 0 Å². The molecule has 1 aliphatic carbocycles. The Bertz CT molecular complexity index is 375. The number of hydrogen-bond donors (Lipinski definition) is 1. The van der Waals surface area contributed by atoms with E-state index in [0.717, 1.165) is 35.4 Å². The minimum Gasteiger partial charge on any atom is -0.385 e. The minimum atomic E-state index is -0.592. The topological polar surface area (TPSA) is 20.2 Å². The van der Waals surface area contributed by atoms with Gasteiger partial charge < -0.3 is 5.11 Å². The summed E-state index contributed by atoms with van der Waals surface area (Å²) in [6.07, 6.45) is 3.12. The summed E-state index contributed by atoms with van der Waals surface area (Å²) in [6, 6.07) is 5.79. The Balaban J connectivity index is 2.28. The van der Waals surface area contributed by atoms with E-state index in [1.165, 1.54) is 0 Å². The first kappa shape index (κ1) is 11.0. The fourth-order valence-corrected chi connectivity index (χ4v) is 2.59. The second-order valence-corrected chi connectivity index (χ2v) is 4.93. The third kappa shape index (κ3) is 1.79. The zero-order valence-electron chi connectivity index (χ0n) is 9.26. The van der Waals surface area contributed by atoms with Gasteiger partial charge in [-0.3, -0.25) is 0 Å². The third-order valence-corrected chi connectivity index (χ3v) is 3.85. The standard InChI is InChI=1S/C13H17ClO/c1-3-5-10-8-13(10,15)11-6-4-7-12(14)9(11)2/h4,6-7,10,15H,3,5,8H2,1-2H3. The molecule has 0 amide bonds. The van der Waals surface area contributed by atoms with Crippen molar-refractivity contribution in [3.8, 4) is 0 Å². The highest BCUT2D eigenvalue weighted by Gasteiger charge is 2.53. The van der Waals surface area contributed by atoms with Gasteiger partial charge in [-0.15, -0.1) is 0 Å². The van der Waals surface area contributed by atoms with Crippen LogP contribution in [0.4, 0.5) is 0 Å². The summed E-state index contributed by atoms with van der Waals surface area (Å²) >= 11 is 6.06. The average molecular weight is 225 g/mol. The normalized spacial score (nSPS) is 29.2. The van der Waals surface area contributed by atoms with Crippen molar-refractivity contribution < 1.29 is 5.11 Å². The minimum absolute atomic E-state index is 0.430. The Kier molecular flexibility index (Phi) is 2.78. The third-order valence-electron chi connectivity index (χ3n) is 3.44. The van der Waals surface area contributed by atoms with Crippen LogP contribution in [0.5, 0.6) is 0 Å². The summed E-state index contributed by atoms with van der Waals surface area (Å²) in [5.41, 5.74) is 1.46. The van der Waals surface area contributed by atoms with Crippen molar-refractivity contribution in [1.29, 1.82) is 0 Å². The van der Waals surface area contributed by atoms with Crippen molar-refractivity contribution in [3.05, 3.63) is 34.3 Å². The first-order valence-electron chi connectivity index (χ1n) is 5.57. The molecule has 1 nitrogen and oxygen atoms in total. The van der Waals surface area contributed by atoms with Crippen LogP contribution in [-0.4, -0.2) is 5.11 Å². The van der Waals surface area contributed by atoms with Crippen molar-refractivity contribution in [3.63, 3.8) is 0 Å². The number of hydrogen-bond acceptors (Lipinski definition) is 1. The van der Waals surface area contributed by atoms with Gasteiger partial charge in [-0.2, -0.15) is 0 Å². The molecule has 1 aromatic rings. The van der Waals surface area contributed by atoms with Crippen LogP contribution in [0.1, 0.15) is 37.3 Å². The monoisotopic (exact) mass is 224 g/mol. The molecule has 1 N–H and O–H groups in total. The lowest BCUT2D eigenvalue weighted by atomic mass is 9.99. The van der Waals surface area contributed by atoms with Crippen LogP contribution in [-0.2, 0) is 5.60 Å². The summed E-state index contributed by atoms with van der Waals surface area (Å²) in [5, 5.41) is 11.2. The maximum Gasteiger partial charge on any atom is 0.0932 e. The molecule has 2 atom stereocenters. The van der Waals surface area contributed by atoms with Gasteiger partial charge in [0.15, 0.2) is 0 Å². The molecule has 1 saturated carbocycles. The Morgan fingerprint density at radius 1 is 1.53 bits per heavy atom. The maximum atomic E-state index is 10.4. The lowest BCUT2D eigenvalue weighted by Gasteiger charge is -2.14. The van der Waals surface area contributed by atoms with Gasteiger partial charge in [-0.25, -0.2) is 0 Å². The predicted molar refractivity (Wildman–Crippen MR) is 63.1 cm³/mol. The highest BCUT2D eigenvalue weighted by Crippen LogP contribution is 2.55. The molecule has 0 heterocycles. The molecule has 2 heteroatoms. The summed E-state index contributed by atoms with van der Waals surface area (Å²) < 4.78 is 0. The molecule has 82 valence electrons. The number of benzene rings is 1. The SMILES string of the molecule is CCCC1CC1(O)c1cccc(Cl)c1C. The van der Waals surface area contributed by atoms with Gasteiger partial charge >= 0.3 is 0 Å². The number of aliphatic hydroxyl groups is 1.